The minimum atomic E-state index is -0.295. The highest BCUT2D eigenvalue weighted by Crippen LogP contribution is 2.21. The molecule has 0 bridgehead atoms. The number of hydrogen-bond acceptors (Lipinski definition) is 2. The van der Waals surface area contributed by atoms with Gasteiger partial charge in [-0.25, -0.2) is 4.39 Å². The Hall–Kier alpha value is -1.87. The number of allylic oxidation sites excluding steroid dienone is 4. The topological polar surface area (TPSA) is 35.2 Å². The molecule has 0 fully saturated rings. The van der Waals surface area contributed by atoms with E-state index in [0.717, 1.165) is 12.0 Å². The third-order valence-electron chi connectivity index (χ3n) is 2.90. The Morgan fingerprint density at radius 3 is 3.00 bits per heavy atom. The zero-order valence-electron chi connectivity index (χ0n) is 10.8. The molecule has 100 valence electrons. The molecule has 0 heterocycles. The summed E-state index contributed by atoms with van der Waals surface area (Å²) in [6, 6.07) is 6.19. The van der Waals surface area contributed by atoms with Crippen LogP contribution < -0.4 is 10.5 Å². The molecule has 2 rings (SSSR count). The number of ether oxygens (including phenoxy) is 1. The molecule has 0 radical (unpaired) electrons. The van der Waals surface area contributed by atoms with Gasteiger partial charge >= 0.3 is 0 Å². The van der Waals surface area contributed by atoms with Crippen molar-refractivity contribution in [3.05, 3.63) is 66.0 Å². The Morgan fingerprint density at radius 2 is 2.21 bits per heavy atom. The fourth-order valence-electron chi connectivity index (χ4n) is 1.98. The van der Waals surface area contributed by atoms with Crippen molar-refractivity contribution in [3.8, 4) is 5.75 Å². The van der Waals surface area contributed by atoms with Crippen molar-refractivity contribution in [1.29, 1.82) is 0 Å². The van der Waals surface area contributed by atoms with Crippen LogP contribution in [0.2, 0.25) is 0 Å². The van der Waals surface area contributed by atoms with Crippen molar-refractivity contribution in [2.45, 2.75) is 18.9 Å². The van der Waals surface area contributed by atoms with E-state index in [0.29, 0.717) is 18.7 Å². The molecule has 0 spiro atoms. The summed E-state index contributed by atoms with van der Waals surface area (Å²) in [5.41, 5.74) is 6.72. The molecule has 2 N–H and O–H groups in total. The second kappa shape index (κ2) is 6.90. The first-order valence-electron chi connectivity index (χ1n) is 6.45. The van der Waals surface area contributed by atoms with Crippen LogP contribution in [0, 0.1) is 5.82 Å². The van der Waals surface area contributed by atoms with E-state index < -0.39 is 0 Å². The lowest BCUT2D eigenvalue weighted by molar-refractivity contribution is 0.231. The molecule has 0 saturated heterocycles. The Morgan fingerprint density at radius 1 is 1.32 bits per heavy atom. The van der Waals surface area contributed by atoms with Crippen LogP contribution in [0.5, 0.6) is 5.75 Å². The third-order valence-corrected chi connectivity index (χ3v) is 2.90. The van der Waals surface area contributed by atoms with Crippen LogP contribution in [0.1, 0.15) is 12.8 Å². The van der Waals surface area contributed by atoms with Gasteiger partial charge in [-0.1, -0.05) is 36.4 Å². The molecular weight excluding hydrogens is 241 g/mol. The summed E-state index contributed by atoms with van der Waals surface area (Å²) in [5.74, 6) is 0.237. The summed E-state index contributed by atoms with van der Waals surface area (Å²) in [6.07, 6.45) is 11.6. The summed E-state index contributed by atoms with van der Waals surface area (Å²) in [4.78, 5) is 0. The predicted octanol–water partition coefficient (Wildman–Crippen LogP) is 3.36. The van der Waals surface area contributed by atoms with Gasteiger partial charge in [0.15, 0.2) is 0 Å². The quantitative estimate of drug-likeness (QED) is 0.880. The zero-order valence-corrected chi connectivity index (χ0v) is 10.8. The van der Waals surface area contributed by atoms with E-state index in [1.165, 1.54) is 12.1 Å². The minimum Gasteiger partial charge on any atom is -0.486 e. The van der Waals surface area contributed by atoms with E-state index in [1.54, 1.807) is 12.1 Å². The molecule has 1 aliphatic carbocycles. The van der Waals surface area contributed by atoms with E-state index >= 15 is 0 Å². The highest BCUT2D eigenvalue weighted by Gasteiger charge is 2.14. The number of rotatable bonds is 5. The van der Waals surface area contributed by atoms with Crippen molar-refractivity contribution in [2.75, 3.05) is 6.54 Å². The average molecular weight is 259 g/mol. The van der Waals surface area contributed by atoms with E-state index in [-0.39, 0.29) is 11.9 Å². The average Bonchev–Trinajstić information content (AvgIpc) is 2.67. The van der Waals surface area contributed by atoms with Crippen molar-refractivity contribution in [1.82, 2.24) is 0 Å². The maximum atomic E-state index is 13.2. The van der Waals surface area contributed by atoms with Crippen LogP contribution in [-0.4, -0.2) is 12.6 Å². The molecule has 0 aliphatic heterocycles. The lowest BCUT2D eigenvalue weighted by atomic mass is 10.1. The molecule has 2 nitrogen and oxygen atoms in total. The summed E-state index contributed by atoms with van der Waals surface area (Å²) >= 11 is 0. The highest BCUT2D eigenvalue weighted by atomic mass is 19.1. The van der Waals surface area contributed by atoms with Crippen LogP contribution in [0.4, 0.5) is 4.39 Å². The van der Waals surface area contributed by atoms with Crippen molar-refractivity contribution in [3.63, 3.8) is 0 Å². The van der Waals surface area contributed by atoms with E-state index in [9.17, 15) is 4.39 Å². The maximum Gasteiger partial charge on any atom is 0.126 e. The Labute approximate surface area is 113 Å². The number of benzene rings is 1. The van der Waals surface area contributed by atoms with Crippen molar-refractivity contribution >= 4 is 0 Å². The first kappa shape index (κ1) is 13.6. The molecule has 1 aromatic carbocycles. The van der Waals surface area contributed by atoms with Gasteiger partial charge in [0.2, 0.25) is 0 Å². The SMILES string of the molecule is NCCC(Oc1cccc(F)c1)C1=CCC=CC=C1. The molecular formula is C16H18FNO. The monoisotopic (exact) mass is 259 g/mol. The summed E-state index contributed by atoms with van der Waals surface area (Å²) in [6.45, 7) is 0.526. The highest BCUT2D eigenvalue weighted by molar-refractivity contribution is 5.32. The third kappa shape index (κ3) is 4.07. The van der Waals surface area contributed by atoms with Gasteiger partial charge in [0.05, 0.1) is 0 Å². The molecule has 0 amide bonds. The summed E-state index contributed by atoms with van der Waals surface area (Å²) < 4.78 is 19.0. The smallest absolute Gasteiger partial charge is 0.126 e. The first-order valence-corrected chi connectivity index (χ1v) is 6.45. The molecule has 1 atom stereocenters. The van der Waals surface area contributed by atoms with Crippen LogP contribution in [0.3, 0.4) is 0 Å². The first-order chi connectivity index (χ1) is 9.29. The van der Waals surface area contributed by atoms with Crippen molar-refractivity contribution in [2.24, 2.45) is 5.73 Å². The van der Waals surface area contributed by atoms with Gasteiger partial charge in [-0.3, -0.25) is 0 Å². The summed E-state index contributed by atoms with van der Waals surface area (Å²) in [7, 11) is 0. The van der Waals surface area contributed by atoms with Crippen molar-refractivity contribution < 1.29 is 9.13 Å². The van der Waals surface area contributed by atoms with E-state index in [1.807, 2.05) is 18.2 Å². The van der Waals surface area contributed by atoms with Gasteiger partial charge in [-0.15, -0.1) is 0 Å². The Bertz CT molecular complexity index is 505. The van der Waals surface area contributed by atoms with Crippen LogP contribution in [0.25, 0.3) is 0 Å². The molecule has 0 aromatic heterocycles. The van der Waals surface area contributed by atoms with Gasteiger partial charge < -0.3 is 10.5 Å². The Balaban J connectivity index is 2.14. The fourth-order valence-corrected chi connectivity index (χ4v) is 1.98. The van der Waals surface area contributed by atoms with E-state index in [2.05, 4.69) is 12.2 Å². The zero-order chi connectivity index (χ0) is 13.5. The van der Waals surface area contributed by atoms with Gasteiger partial charge in [0.25, 0.3) is 0 Å². The largest absolute Gasteiger partial charge is 0.486 e. The minimum absolute atomic E-state index is 0.136. The lowest BCUT2D eigenvalue weighted by Crippen LogP contribution is -2.22. The van der Waals surface area contributed by atoms with Gasteiger partial charge in [-0.05, 0) is 30.7 Å². The molecule has 3 heteroatoms. The van der Waals surface area contributed by atoms with E-state index in [4.69, 9.17) is 10.5 Å². The molecule has 1 aliphatic rings. The molecule has 1 unspecified atom stereocenters. The van der Waals surface area contributed by atoms with Crippen LogP contribution in [-0.2, 0) is 0 Å². The number of nitrogens with two attached hydrogens (primary N) is 1. The summed E-state index contributed by atoms with van der Waals surface area (Å²) in [5, 5.41) is 0. The molecule has 1 aromatic rings. The maximum absolute atomic E-state index is 13.2. The van der Waals surface area contributed by atoms with Gasteiger partial charge in [0.1, 0.15) is 17.7 Å². The second-order valence-corrected chi connectivity index (χ2v) is 4.37. The van der Waals surface area contributed by atoms with Gasteiger partial charge in [-0.2, -0.15) is 0 Å². The number of halogens is 1. The predicted molar refractivity (Wildman–Crippen MR) is 75.5 cm³/mol. The molecule has 0 saturated carbocycles. The van der Waals surface area contributed by atoms with Crippen LogP contribution >= 0.6 is 0 Å². The van der Waals surface area contributed by atoms with Crippen LogP contribution in [0.15, 0.2) is 60.2 Å². The molecule has 19 heavy (non-hydrogen) atoms. The fraction of sp³-hybridized carbons (Fsp3) is 0.250. The standard InChI is InChI=1S/C16H18FNO/c17-14-8-5-9-15(12-14)19-16(10-11-18)13-6-3-1-2-4-7-13/h1-3,5-9,12,16H,4,10-11,18H2. The Kier molecular flexibility index (Phi) is 4.93. The second-order valence-electron chi connectivity index (χ2n) is 4.37. The van der Waals surface area contributed by atoms with Gasteiger partial charge in [0, 0.05) is 12.5 Å². The number of hydrogen-bond donors (Lipinski definition) is 1. The lowest BCUT2D eigenvalue weighted by Gasteiger charge is -2.20. The normalized spacial score (nSPS) is 15.8.